The van der Waals surface area contributed by atoms with Crippen LogP contribution >= 0.6 is 0 Å². The highest BCUT2D eigenvalue weighted by atomic mass is 16.4. The van der Waals surface area contributed by atoms with Crippen LogP contribution in [0.25, 0.3) is 0 Å². The van der Waals surface area contributed by atoms with Crippen LogP contribution in [0.5, 0.6) is 0 Å². The number of carbonyl (C=O) groups is 1. The maximum absolute atomic E-state index is 10.9. The first-order valence-corrected chi connectivity index (χ1v) is 7.26. The number of rotatable bonds is 13. The minimum absolute atomic E-state index is 0.230. The zero-order valence-corrected chi connectivity index (χ0v) is 11.6. The first-order valence-electron chi connectivity index (χ1n) is 7.26. The van der Waals surface area contributed by atoms with Crippen LogP contribution < -0.4 is 5.73 Å². The molecule has 0 saturated carbocycles. The summed E-state index contributed by atoms with van der Waals surface area (Å²) in [4.78, 5) is 10.9. The van der Waals surface area contributed by atoms with Gasteiger partial charge >= 0.3 is 5.97 Å². The van der Waals surface area contributed by atoms with Gasteiger partial charge in [-0.15, -0.1) is 6.58 Å². The molecule has 3 heteroatoms. The van der Waals surface area contributed by atoms with Crippen LogP contribution in [-0.4, -0.2) is 17.6 Å². The summed E-state index contributed by atoms with van der Waals surface area (Å²) < 4.78 is 0. The minimum atomic E-state index is -0.684. The number of carboxylic acid groups (broad SMARTS) is 1. The van der Waals surface area contributed by atoms with E-state index in [1.807, 2.05) is 0 Å². The Hall–Kier alpha value is -0.830. The molecule has 0 rings (SSSR count). The fourth-order valence-electron chi connectivity index (χ4n) is 2.14. The Kier molecular flexibility index (Phi) is 12.0. The highest BCUT2D eigenvalue weighted by Gasteiger charge is 2.14. The van der Waals surface area contributed by atoms with Crippen molar-refractivity contribution < 1.29 is 9.90 Å². The van der Waals surface area contributed by atoms with Crippen LogP contribution in [0.2, 0.25) is 0 Å². The van der Waals surface area contributed by atoms with Gasteiger partial charge in [0.25, 0.3) is 0 Å². The second-order valence-corrected chi connectivity index (χ2v) is 4.97. The quantitative estimate of drug-likeness (QED) is 0.389. The van der Waals surface area contributed by atoms with Crippen molar-refractivity contribution in [2.75, 3.05) is 6.54 Å². The third kappa shape index (κ3) is 10.3. The summed E-state index contributed by atoms with van der Waals surface area (Å²) in [5.74, 6) is -0.913. The molecule has 0 saturated heterocycles. The smallest absolute Gasteiger partial charge is 0.306 e. The van der Waals surface area contributed by atoms with E-state index in [9.17, 15) is 4.79 Å². The summed E-state index contributed by atoms with van der Waals surface area (Å²) in [5.41, 5.74) is 5.43. The molecule has 3 N–H and O–H groups in total. The van der Waals surface area contributed by atoms with Crippen LogP contribution in [0.3, 0.4) is 0 Å². The maximum atomic E-state index is 10.9. The number of carboxylic acids is 1. The molecule has 0 bridgehead atoms. The number of allylic oxidation sites excluding steroid dienone is 1. The van der Waals surface area contributed by atoms with E-state index in [1.165, 1.54) is 32.1 Å². The Morgan fingerprint density at radius 3 is 2.00 bits per heavy atom. The summed E-state index contributed by atoms with van der Waals surface area (Å²) in [7, 11) is 0. The van der Waals surface area contributed by atoms with Crippen LogP contribution in [0.1, 0.15) is 64.2 Å². The highest BCUT2D eigenvalue weighted by Crippen LogP contribution is 2.16. The zero-order valence-electron chi connectivity index (χ0n) is 11.6. The number of hydrogen-bond donors (Lipinski definition) is 2. The van der Waals surface area contributed by atoms with Crippen LogP contribution in [-0.2, 0) is 4.79 Å². The van der Waals surface area contributed by atoms with Gasteiger partial charge < -0.3 is 10.8 Å². The molecule has 0 aliphatic carbocycles. The van der Waals surface area contributed by atoms with Crippen molar-refractivity contribution in [1.82, 2.24) is 0 Å². The molecule has 0 radical (unpaired) electrons. The molecule has 0 heterocycles. The first-order chi connectivity index (χ1) is 8.72. The van der Waals surface area contributed by atoms with Gasteiger partial charge in [0, 0.05) is 0 Å². The average Bonchev–Trinajstić information content (AvgIpc) is 2.35. The predicted octanol–water partition coefficient (Wildman–Crippen LogP) is 3.73. The average molecular weight is 255 g/mol. The van der Waals surface area contributed by atoms with Gasteiger partial charge in [0.1, 0.15) is 0 Å². The summed E-state index contributed by atoms with van der Waals surface area (Å²) in [6.07, 6.45) is 12.7. The topological polar surface area (TPSA) is 63.3 Å². The Morgan fingerprint density at radius 1 is 1.06 bits per heavy atom. The molecule has 1 unspecified atom stereocenters. The van der Waals surface area contributed by atoms with E-state index < -0.39 is 5.97 Å². The van der Waals surface area contributed by atoms with Gasteiger partial charge in [0.2, 0.25) is 0 Å². The third-order valence-electron chi connectivity index (χ3n) is 3.31. The molecule has 0 fully saturated rings. The Morgan fingerprint density at radius 2 is 1.56 bits per heavy atom. The highest BCUT2D eigenvalue weighted by molar-refractivity contribution is 5.70. The second kappa shape index (κ2) is 12.6. The molecule has 3 nitrogen and oxygen atoms in total. The monoisotopic (exact) mass is 255 g/mol. The Bertz CT molecular complexity index is 217. The first kappa shape index (κ1) is 17.2. The SMILES string of the molecule is C=CCC(CCCCCCCCCCN)C(=O)O. The van der Waals surface area contributed by atoms with Gasteiger partial charge in [-0.3, -0.25) is 4.79 Å². The van der Waals surface area contributed by atoms with Crippen LogP contribution in [0, 0.1) is 5.92 Å². The zero-order chi connectivity index (χ0) is 13.6. The van der Waals surface area contributed by atoms with Crippen molar-refractivity contribution in [3.8, 4) is 0 Å². The summed E-state index contributed by atoms with van der Waals surface area (Å²) in [6.45, 7) is 4.41. The van der Waals surface area contributed by atoms with Crippen molar-refractivity contribution in [3.05, 3.63) is 12.7 Å². The molecular formula is C15H29NO2. The lowest BCUT2D eigenvalue weighted by Crippen LogP contribution is -2.12. The van der Waals surface area contributed by atoms with Gasteiger partial charge in [0.15, 0.2) is 0 Å². The largest absolute Gasteiger partial charge is 0.481 e. The van der Waals surface area contributed by atoms with Crippen LogP contribution in [0.4, 0.5) is 0 Å². The lowest BCUT2D eigenvalue weighted by Gasteiger charge is -2.09. The van der Waals surface area contributed by atoms with E-state index in [0.29, 0.717) is 6.42 Å². The van der Waals surface area contributed by atoms with Gasteiger partial charge in [-0.2, -0.15) is 0 Å². The van der Waals surface area contributed by atoms with Gasteiger partial charge in [0.05, 0.1) is 5.92 Å². The molecule has 0 aromatic heterocycles. The number of unbranched alkanes of at least 4 members (excludes halogenated alkanes) is 7. The Labute approximate surface area is 111 Å². The summed E-state index contributed by atoms with van der Waals surface area (Å²) in [6, 6.07) is 0. The molecular weight excluding hydrogens is 226 g/mol. The molecule has 0 aliphatic rings. The summed E-state index contributed by atoms with van der Waals surface area (Å²) >= 11 is 0. The van der Waals surface area contributed by atoms with E-state index in [0.717, 1.165) is 32.2 Å². The predicted molar refractivity (Wildman–Crippen MR) is 76.5 cm³/mol. The van der Waals surface area contributed by atoms with Crippen LogP contribution in [0.15, 0.2) is 12.7 Å². The second-order valence-electron chi connectivity index (χ2n) is 4.97. The fraction of sp³-hybridized carbons (Fsp3) is 0.800. The molecule has 0 aromatic carbocycles. The van der Waals surface area contributed by atoms with Gasteiger partial charge in [-0.25, -0.2) is 0 Å². The van der Waals surface area contributed by atoms with E-state index in [2.05, 4.69) is 6.58 Å². The molecule has 0 amide bonds. The van der Waals surface area contributed by atoms with E-state index in [4.69, 9.17) is 10.8 Å². The van der Waals surface area contributed by atoms with E-state index in [1.54, 1.807) is 6.08 Å². The Balaban J connectivity index is 3.32. The molecule has 0 spiro atoms. The van der Waals surface area contributed by atoms with Crippen molar-refractivity contribution in [3.63, 3.8) is 0 Å². The lowest BCUT2D eigenvalue weighted by atomic mass is 9.97. The summed E-state index contributed by atoms with van der Waals surface area (Å²) in [5, 5.41) is 8.97. The van der Waals surface area contributed by atoms with E-state index >= 15 is 0 Å². The van der Waals surface area contributed by atoms with Crippen molar-refractivity contribution in [2.45, 2.75) is 64.2 Å². The number of aliphatic carboxylic acids is 1. The standard InChI is InChI=1S/C15H29NO2/c1-2-11-14(15(17)18)12-9-7-5-3-4-6-8-10-13-16/h2,14H,1,3-13,16H2,(H,17,18). The molecule has 0 aliphatic heterocycles. The molecule has 0 aromatic rings. The van der Waals surface area contributed by atoms with E-state index in [-0.39, 0.29) is 5.92 Å². The molecule has 18 heavy (non-hydrogen) atoms. The normalized spacial score (nSPS) is 12.3. The number of nitrogens with two attached hydrogens (primary N) is 1. The molecule has 1 atom stereocenters. The lowest BCUT2D eigenvalue weighted by molar-refractivity contribution is -0.141. The van der Waals surface area contributed by atoms with Gasteiger partial charge in [-0.05, 0) is 25.8 Å². The van der Waals surface area contributed by atoms with Crippen molar-refractivity contribution in [2.24, 2.45) is 11.7 Å². The van der Waals surface area contributed by atoms with Crippen molar-refractivity contribution in [1.29, 1.82) is 0 Å². The number of hydrogen-bond acceptors (Lipinski definition) is 2. The molecule has 106 valence electrons. The minimum Gasteiger partial charge on any atom is -0.481 e. The van der Waals surface area contributed by atoms with Crippen molar-refractivity contribution >= 4 is 5.97 Å². The maximum Gasteiger partial charge on any atom is 0.306 e. The fourth-order valence-corrected chi connectivity index (χ4v) is 2.14. The third-order valence-corrected chi connectivity index (χ3v) is 3.31. The van der Waals surface area contributed by atoms with Gasteiger partial charge in [-0.1, -0.05) is 51.0 Å².